The molecule has 0 radical (unpaired) electrons. The van der Waals surface area contributed by atoms with E-state index in [0.717, 1.165) is 24.9 Å². The van der Waals surface area contributed by atoms with Crippen LogP contribution in [0.25, 0.3) is 0 Å². The van der Waals surface area contributed by atoms with Gasteiger partial charge in [-0.25, -0.2) is 0 Å². The highest BCUT2D eigenvalue weighted by atomic mass is 16.3. The topological polar surface area (TPSA) is 60.8 Å². The molecule has 1 saturated heterocycles. The molecule has 0 aliphatic carbocycles. The molecule has 1 amide bonds. The van der Waals surface area contributed by atoms with Crippen LogP contribution in [0.3, 0.4) is 0 Å². The van der Waals surface area contributed by atoms with E-state index in [1.807, 2.05) is 6.92 Å². The summed E-state index contributed by atoms with van der Waals surface area (Å²) in [5.41, 5.74) is 1.41. The number of aromatic hydroxyl groups is 1. The fourth-order valence-corrected chi connectivity index (χ4v) is 2.46. The van der Waals surface area contributed by atoms with Crippen molar-refractivity contribution in [2.24, 2.45) is 5.92 Å². The molecular formula is C14H19NO3. The van der Waals surface area contributed by atoms with Gasteiger partial charge >= 0.3 is 0 Å². The van der Waals surface area contributed by atoms with Crippen molar-refractivity contribution < 1.29 is 15.0 Å². The number of carbonyl (C=O) groups excluding carboxylic acids is 1. The molecule has 1 aliphatic rings. The number of aliphatic hydroxyl groups is 1. The first kappa shape index (κ1) is 12.9. The lowest BCUT2D eigenvalue weighted by atomic mass is 9.97. The third kappa shape index (κ3) is 2.64. The summed E-state index contributed by atoms with van der Waals surface area (Å²) in [7, 11) is 0. The Hall–Kier alpha value is -1.55. The normalized spacial score (nSPS) is 19.9. The lowest BCUT2D eigenvalue weighted by Gasteiger charge is -2.32. The van der Waals surface area contributed by atoms with Gasteiger partial charge in [0.05, 0.1) is 0 Å². The molecule has 4 heteroatoms. The number of hydrogen-bond donors (Lipinski definition) is 2. The Morgan fingerprint density at radius 2 is 2.28 bits per heavy atom. The van der Waals surface area contributed by atoms with E-state index in [4.69, 9.17) is 0 Å². The van der Waals surface area contributed by atoms with Crippen LogP contribution in [0.4, 0.5) is 0 Å². The molecule has 1 aromatic rings. The number of likely N-dealkylation sites (tertiary alicyclic amines) is 1. The summed E-state index contributed by atoms with van der Waals surface area (Å²) in [5.74, 6) is 0.363. The van der Waals surface area contributed by atoms with Crippen LogP contribution in [0.1, 0.15) is 28.8 Å². The fraction of sp³-hybridized carbons (Fsp3) is 0.500. The fourth-order valence-electron chi connectivity index (χ4n) is 2.46. The molecule has 1 heterocycles. The Bertz CT molecular complexity index is 445. The largest absolute Gasteiger partial charge is 0.508 e. The number of piperidine rings is 1. The molecule has 0 saturated carbocycles. The van der Waals surface area contributed by atoms with E-state index in [1.165, 1.54) is 6.07 Å². The Morgan fingerprint density at radius 1 is 1.50 bits per heavy atom. The molecule has 1 unspecified atom stereocenters. The average Bonchev–Trinajstić information content (AvgIpc) is 2.38. The zero-order chi connectivity index (χ0) is 13.1. The summed E-state index contributed by atoms with van der Waals surface area (Å²) in [6, 6.07) is 4.80. The van der Waals surface area contributed by atoms with E-state index in [2.05, 4.69) is 0 Å². The van der Waals surface area contributed by atoms with Crippen LogP contribution in [0, 0.1) is 12.8 Å². The molecule has 0 aromatic heterocycles. The molecule has 1 aromatic carbocycles. The van der Waals surface area contributed by atoms with Crippen molar-refractivity contribution >= 4 is 5.91 Å². The SMILES string of the molecule is Cc1cc(O)ccc1C(=O)N1CCCC(CO)C1. The van der Waals surface area contributed by atoms with Crippen LogP contribution < -0.4 is 0 Å². The molecule has 1 fully saturated rings. The first-order chi connectivity index (χ1) is 8.61. The number of nitrogens with zero attached hydrogens (tertiary/aromatic N) is 1. The number of aryl methyl sites for hydroxylation is 1. The number of rotatable bonds is 2. The standard InChI is InChI=1S/C14H19NO3/c1-10-7-12(17)4-5-13(10)14(18)15-6-2-3-11(8-15)9-16/h4-5,7,11,16-17H,2-3,6,8-9H2,1H3. The van der Waals surface area contributed by atoms with Crippen LogP contribution in [-0.4, -0.2) is 40.7 Å². The van der Waals surface area contributed by atoms with Gasteiger partial charge in [0.1, 0.15) is 5.75 Å². The van der Waals surface area contributed by atoms with Crippen LogP contribution in [0.5, 0.6) is 5.75 Å². The third-order valence-corrected chi connectivity index (χ3v) is 3.50. The lowest BCUT2D eigenvalue weighted by Crippen LogP contribution is -2.41. The third-order valence-electron chi connectivity index (χ3n) is 3.50. The lowest BCUT2D eigenvalue weighted by molar-refractivity contribution is 0.0620. The zero-order valence-corrected chi connectivity index (χ0v) is 10.6. The van der Waals surface area contributed by atoms with E-state index < -0.39 is 0 Å². The number of benzene rings is 1. The monoisotopic (exact) mass is 249 g/mol. The maximum Gasteiger partial charge on any atom is 0.254 e. The van der Waals surface area contributed by atoms with E-state index >= 15 is 0 Å². The summed E-state index contributed by atoms with van der Waals surface area (Å²) in [6.07, 6.45) is 1.92. The predicted molar refractivity (Wildman–Crippen MR) is 68.6 cm³/mol. The molecule has 1 aliphatic heterocycles. The van der Waals surface area contributed by atoms with Gasteiger partial charge in [-0.3, -0.25) is 4.79 Å². The van der Waals surface area contributed by atoms with Gasteiger partial charge in [-0.05, 0) is 49.4 Å². The zero-order valence-electron chi connectivity index (χ0n) is 10.6. The van der Waals surface area contributed by atoms with Crippen molar-refractivity contribution in [3.8, 4) is 5.75 Å². The van der Waals surface area contributed by atoms with Crippen molar-refractivity contribution in [1.29, 1.82) is 0 Å². The van der Waals surface area contributed by atoms with E-state index in [1.54, 1.807) is 17.0 Å². The predicted octanol–water partition coefficient (Wildman–Crippen LogP) is 1.55. The number of aliphatic hydroxyl groups excluding tert-OH is 1. The molecule has 2 rings (SSSR count). The number of phenols is 1. The van der Waals surface area contributed by atoms with Crippen molar-refractivity contribution in [2.45, 2.75) is 19.8 Å². The molecule has 2 N–H and O–H groups in total. The second kappa shape index (κ2) is 5.40. The number of hydrogen-bond acceptors (Lipinski definition) is 3. The molecule has 98 valence electrons. The smallest absolute Gasteiger partial charge is 0.254 e. The van der Waals surface area contributed by atoms with Gasteiger partial charge in [-0.1, -0.05) is 0 Å². The highest BCUT2D eigenvalue weighted by molar-refractivity contribution is 5.95. The highest BCUT2D eigenvalue weighted by Crippen LogP contribution is 2.21. The minimum absolute atomic E-state index is 0.00866. The quantitative estimate of drug-likeness (QED) is 0.836. The maximum absolute atomic E-state index is 12.4. The molecular weight excluding hydrogens is 230 g/mol. The number of amides is 1. The van der Waals surface area contributed by atoms with E-state index in [0.29, 0.717) is 12.1 Å². The Morgan fingerprint density at radius 3 is 2.94 bits per heavy atom. The summed E-state index contributed by atoms with van der Waals surface area (Å²) in [6.45, 7) is 3.32. The van der Waals surface area contributed by atoms with Gasteiger partial charge in [0.15, 0.2) is 0 Å². The Labute approximate surface area is 107 Å². The first-order valence-electron chi connectivity index (χ1n) is 6.31. The van der Waals surface area contributed by atoms with Gasteiger partial charge in [-0.15, -0.1) is 0 Å². The van der Waals surface area contributed by atoms with Crippen LogP contribution in [0.2, 0.25) is 0 Å². The average molecular weight is 249 g/mol. The second-order valence-corrected chi connectivity index (χ2v) is 4.94. The summed E-state index contributed by atoms with van der Waals surface area (Å²) >= 11 is 0. The van der Waals surface area contributed by atoms with Gasteiger partial charge in [0.2, 0.25) is 0 Å². The Kier molecular flexibility index (Phi) is 3.87. The van der Waals surface area contributed by atoms with Crippen molar-refractivity contribution in [1.82, 2.24) is 4.90 Å². The molecule has 4 nitrogen and oxygen atoms in total. The summed E-state index contributed by atoms with van der Waals surface area (Å²) in [4.78, 5) is 14.2. The maximum atomic E-state index is 12.4. The minimum atomic E-state index is -0.00866. The van der Waals surface area contributed by atoms with Crippen molar-refractivity contribution in [2.75, 3.05) is 19.7 Å². The molecule has 1 atom stereocenters. The minimum Gasteiger partial charge on any atom is -0.508 e. The van der Waals surface area contributed by atoms with Gasteiger partial charge in [-0.2, -0.15) is 0 Å². The van der Waals surface area contributed by atoms with Crippen LogP contribution in [-0.2, 0) is 0 Å². The number of carbonyl (C=O) groups is 1. The second-order valence-electron chi connectivity index (χ2n) is 4.94. The summed E-state index contributed by atoms with van der Waals surface area (Å²) < 4.78 is 0. The van der Waals surface area contributed by atoms with Gasteiger partial charge < -0.3 is 15.1 Å². The Balaban J connectivity index is 2.15. The first-order valence-corrected chi connectivity index (χ1v) is 6.31. The van der Waals surface area contributed by atoms with Crippen LogP contribution >= 0.6 is 0 Å². The van der Waals surface area contributed by atoms with Crippen LogP contribution in [0.15, 0.2) is 18.2 Å². The van der Waals surface area contributed by atoms with Gasteiger partial charge in [0, 0.05) is 25.3 Å². The van der Waals surface area contributed by atoms with E-state index in [-0.39, 0.29) is 24.2 Å². The van der Waals surface area contributed by atoms with Gasteiger partial charge in [0.25, 0.3) is 5.91 Å². The van der Waals surface area contributed by atoms with E-state index in [9.17, 15) is 15.0 Å². The highest BCUT2D eigenvalue weighted by Gasteiger charge is 2.24. The molecule has 0 bridgehead atoms. The molecule has 18 heavy (non-hydrogen) atoms. The van der Waals surface area contributed by atoms with Crippen molar-refractivity contribution in [3.63, 3.8) is 0 Å². The van der Waals surface area contributed by atoms with Crippen molar-refractivity contribution in [3.05, 3.63) is 29.3 Å². The summed E-state index contributed by atoms with van der Waals surface area (Å²) in [5, 5.41) is 18.5. The molecule has 0 spiro atoms. The number of phenolic OH excluding ortho intramolecular Hbond substituents is 1.